The first kappa shape index (κ1) is 29.3. The molecule has 0 aliphatic carbocycles. The number of nitrogen functional groups attached to an aromatic ring is 1. The van der Waals surface area contributed by atoms with E-state index in [1.54, 1.807) is 30.1 Å². The lowest BCUT2D eigenvalue weighted by Crippen LogP contribution is -2.45. The van der Waals surface area contributed by atoms with Gasteiger partial charge in [0.05, 0.1) is 26.8 Å². The largest absolute Gasteiger partial charge is 0.493 e. The van der Waals surface area contributed by atoms with E-state index in [2.05, 4.69) is 9.72 Å². The van der Waals surface area contributed by atoms with Gasteiger partial charge in [-0.15, -0.1) is 0 Å². The number of amides is 1. The molecule has 0 atom stereocenters. The second-order valence-electron chi connectivity index (χ2n) is 8.64. The highest BCUT2D eigenvalue weighted by Gasteiger charge is 2.25. The summed E-state index contributed by atoms with van der Waals surface area (Å²) < 4.78 is 41.1. The molecule has 1 aromatic heterocycles. The van der Waals surface area contributed by atoms with E-state index >= 15 is 0 Å². The maximum Gasteiger partial charge on any atom is 0.387 e. The molecular formula is C26H31F2N5O6. The van der Waals surface area contributed by atoms with Crippen molar-refractivity contribution in [3.63, 3.8) is 0 Å². The number of anilines is 2. The number of aromatic nitrogens is 2. The van der Waals surface area contributed by atoms with Gasteiger partial charge in [0.25, 0.3) is 5.56 Å². The number of ether oxygens (including phenoxy) is 3. The average Bonchev–Trinajstić information content (AvgIpc) is 2.89. The topological polar surface area (TPSA) is 132 Å². The summed E-state index contributed by atoms with van der Waals surface area (Å²) in [7, 11) is 4.46. The number of benzene rings is 2. The van der Waals surface area contributed by atoms with E-state index in [1.165, 1.54) is 35.8 Å². The Morgan fingerprint density at radius 3 is 2.44 bits per heavy atom. The van der Waals surface area contributed by atoms with Gasteiger partial charge in [-0.2, -0.15) is 8.78 Å². The summed E-state index contributed by atoms with van der Waals surface area (Å²) >= 11 is 0. The molecule has 0 fully saturated rings. The number of nitrogens with one attached hydrogen (secondary N) is 1. The Morgan fingerprint density at radius 1 is 1.08 bits per heavy atom. The molecule has 210 valence electrons. The molecular weight excluding hydrogens is 516 g/mol. The number of methoxy groups -OCH3 is 2. The van der Waals surface area contributed by atoms with Gasteiger partial charge in [0.2, 0.25) is 5.91 Å². The van der Waals surface area contributed by atoms with Crippen molar-refractivity contribution in [3.8, 4) is 11.5 Å². The SMILES string of the molecule is COCCN(C(=O)CN(C)Cc1ccc(OC(F)F)c(OC)c1)c1c(N)n(Cc2ccccc2)c(=O)[nH]c1=O. The fourth-order valence-corrected chi connectivity index (χ4v) is 3.99. The van der Waals surface area contributed by atoms with E-state index < -0.39 is 23.8 Å². The fraction of sp³-hybridized carbons (Fsp3) is 0.346. The summed E-state index contributed by atoms with van der Waals surface area (Å²) in [6, 6.07) is 13.5. The van der Waals surface area contributed by atoms with Crippen molar-refractivity contribution in [2.45, 2.75) is 19.7 Å². The number of aromatic amines is 1. The summed E-state index contributed by atoms with van der Waals surface area (Å²) in [5, 5.41) is 0. The second-order valence-corrected chi connectivity index (χ2v) is 8.64. The van der Waals surface area contributed by atoms with Crippen LogP contribution in [0.15, 0.2) is 58.1 Å². The van der Waals surface area contributed by atoms with E-state index in [-0.39, 0.29) is 55.8 Å². The fourth-order valence-electron chi connectivity index (χ4n) is 3.99. The minimum Gasteiger partial charge on any atom is -0.493 e. The van der Waals surface area contributed by atoms with E-state index in [0.717, 1.165) is 5.56 Å². The normalized spacial score (nSPS) is 11.2. The molecule has 0 unspecified atom stereocenters. The summed E-state index contributed by atoms with van der Waals surface area (Å²) in [6.07, 6.45) is 0. The Balaban J connectivity index is 1.85. The van der Waals surface area contributed by atoms with Crippen molar-refractivity contribution in [1.82, 2.24) is 14.5 Å². The number of likely N-dealkylation sites (N-methyl/N-ethyl adjacent to an activating group) is 1. The van der Waals surface area contributed by atoms with Gasteiger partial charge >= 0.3 is 12.3 Å². The molecule has 1 amide bonds. The maximum absolute atomic E-state index is 13.4. The lowest BCUT2D eigenvalue weighted by atomic mass is 10.2. The Labute approximate surface area is 223 Å². The molecule has 1 heterocycles. The number of nitrogens with zero attached hydrogens (tertiary/aromatic N) is 3. The average molecular weight is 548 g/mol. The first-order chi connectivity index (χ1) is 18.6. The maximum atomic E-state index is 13.4. The summed E-state index contributed by atoms with van der Waals surface area (Å²) in [5.41, 5.74) is 6.08. The number of carbonyl (C=O) groups excluding carboxylic acids is 1. The van der Waals surface area contributed by atoms with Crippen LogP contribution in [-0.4, -0.2) is 67.9 Å². The third kappa shape index (κ3) is 7.65. The van der Waals surface area contributed by atoms with Crippen LogP contribution >= 0.6 is 0 Å². The van der Waals surface area contributed by atoms with Crippen LogP contribution in [0.1, 0.15) is 11.1 Å². The standard InChI is InChI=1S/C26H31F2N5O6/c1-31(14-18-9-10-19(39-25(27)28)20(13-18)38-3)16-21(34)32(11-12-37-2)22-23(29)33(26(36)30-24(22)35)15-17-7-5-4-6-8-17/h4-10,13,25H,11-12,14-16,29H2,1-3H3,(H,30,35,36). The summed E-state index contributed by atoms with van der Waals surface area (Å²) in [4.78, 5) is 43.9. The number of rotatable bonds is 13. The molecule has 0 spiro atoms. The molecule has 3 rings (SSSR count). The van der Waals surface area contributed by atoms with Gasteiger partial charge in [-0.3, -0.25) is 24.0 Å². The van der Waals surface area contributed by atoms with Crippen molar-refractivity contribution in [3.05, 3.63) is 80.5 Å². The van der Waals surface area contributed by atoms with E-state index in [0.29, 0.717) is 5.56 Å². The number of nitrogens with two attached hydrogens (primary N) is 1. The van der Waals surface area contributed by atoms with Crippen LogP contribution in [0.5, 0.6) is 11.5 Å². The number of hydrogen-bond acceptors (Lipinski definition) is 8. The van der Waals surface area contributed by atoms with Gasteiger partial charge in [-0.1, -0.05) is 36.4 Å². The zero-order valence-corrected chi connectivity index (χ0v) is 21.9. The molecule has 0 aliphatic rings. The molecule has 2 aromatic carbocycles. The Morgan fingerprint density at radius 2 is 1.79 bits per heavy atom. The van der Waals surface area contributed by atoms with Gasteiger partial charge in [-0.05, 0) is 30.3 Å². The Hall–Kier alpha value is -4.23. The van der Waals surface area contributed by atoms with Crippen LogP contribution in [-0.2, 0) is 22.6 Å². The van der Waals surface area contributed by atoms with Crippen molar-refractivity contribution >= 4 is 17.4 Å². The third-order valence-corrected chi connectivity index (χ3v) is 5.79. The van der Waals surface area contributed by atoms with Crippen LogP contribution in [0.3, 0.4) is 0 Å². The Bertz CT molecular complexity index is 1380. The lowest BCUT2D eigenvalue weighted by Gasteiger charge is -2.26. The highest BCUT2D eigenvalue weighted by Crippen LogP contribution is 2.30. The Kier molecular flexibility index (Phi) is 10.2. The monoisotopic (exact) mass is 547 g/mol. The molecule has 0 radical (unpaired) electrons. The molecule has 0 saturated heterocycles. The molecule has 13 heteroatoms. The first-order valence-electron chi connectivity index (χ1n) is 11.9. The molecule has 39 heavy (non-hydrogen) atoms. The van der Waals surface area contributed by atoms with Gasteiger partial charge in [-0.25, -0.2) is 4.79 Å². The van der Waals surface area contributed by atoms with Crippen molar-refractivity contribution in [2.75, 3.05) is 51.6 Å². The summed E-state index contributed by atoms with van der Waals surface area (Å²) in [5.74, 6) is -0.615. The quantitative estimate of drug-likeness (QED) is 0.332. The number of halogens is 2. The van der Waals surface area contributed by atoms with Crippen LogP contribution in [0.4, 0.5) is 20.3 Å². The van der Waals surface area contributed by atoms with Crippen LogP contribution in [0, 0.1) is 0 Å². The molecule has 0 saturated carbocycles. The predicted molar refractivity (Wildman–Crippen MR) is 141 cm³/mol. The minimum absolute atomic E-state index is 0.00742. The first-order valence-corrected chi connectivity index (χ1v) is 11.9. The highest BCUT2D eigenvalue weighted by atomic mass is 19.3. The smallest absolute Gasteiger partial charge is 0.387 e. The minimum atomic E-state index is -3.00. The number of carbonyl (C=O) groups is 1. The number of alkyl halides is 2. The molecule has 0 aliphatic heterocycles. The van der Waals surface area contributed by atoms with E-state index in [4.69, 9.17) is 15.2 Å². The van der Waals surface area contributed by atoms with Crippen LogP contribution in [0.2, 0.25) is 0 Å². The van der Waals surface area contributed by atoms with Crippen molar-refractivity contribution in [1.29, 1.82) is 0 Å². The second kappa shape index (κ2) is 13.5. The van der Waals surface area contributed by atoms with Crippen molar-refractivity contribution < 1.29 is 27.8 Å². The zero-order valence-electron chi connectivity index (χ0n) is 21.9. The summed E-state index contributed by atoms with van der Waals surface area (Å²) in [6.45, 7) is -2.69. The molecule has 11 nitrogen and oxygen atoms in total. The number of hydrogen-bond donors (Lipinski definition) is 2. The molecule has 3 N–H and O–H groups in total. The zero-order chi connectivity index (χ0) is 28.5. The van der Waals surface area contributed by atoms with Gasteiger partial charge < -0.3 is 24.8 Å². The molecule has 0 bridgehead atoms. The van der Waals surface area contributed by atoms with Crippen molar-refractivity contribution in [2.24, 2.45) is 0 Å². The van der Waals surface area contributed by atoms with Crippen LogP contribution in [0.25, 0.3) is 0 Å². The van der Waals surface area contributed by atoms with Crippen LogP contribution < -0.4 is 31.4 Å². The van der Waals surface area contributed by atoms with Gasteiger partial charge in [0.15, 0.2) is 17.2 Å². The van der Waals surface area contributed by atoms with E-state index in [9.17, 15) is 23.2 Å². The lowest BCUT2D eigenvalue weighted by molar-refractivity contribution is -0.119. The number of H-pyrrole nitrogens is 1. The van der Waals surface area contributed by atoms with E-state index in [1.807, 2.05) is 18.2 Å². The predicted octanol–water partition coefficient (Wildman–Crippen LogP) is 1.89. The molecule has 3 aromatic rings. The van der Waals surface area contributed by atoms with Gasteiger partial charge in [0.1, 0.15) is 5.82 Å². The highest BCUT2D eigenvalue weighted by molar-refractivity contribution is 5.96. The van der Waals surface area contributed by atoms with Gasteiger partial charge in [0, 0.05) is 20.2 Å². The third-order valence-electron chi connectivity index (χ3n) is 5.79.